The van der Waals surface area contributed by atoms with Crippen LogP contribution in [0.25, 0.3) is 0 Å². The third-order valence-electron chi connectivity index (χ3n) is 5.13. The molecule has 1 atom stereocenters. The number of nitrogens with one attached hydrogen (secondary N) is 1. The molecule has 0 aromatic heterocycles. The fraction of sp³-hybridized carbons (Fsp3) is 0.882. The van der Waals surface area contributed by atoms with Gasteiger partial charge in [-0.1, -0.05) is 26.2 Å². The van der Waals surface area contributed by atoms with Gasteiger partial charge in [0.2, 0.25) is 11.8 Å². The monoisotopic (exact) mass is 325 g/mol. The Labute approximate surface area is 139 Å². The molecule has 2 rings (SSSR count). The van der Waals surface area contributed by atoms with Gasteiger partial charge in [-0.05, 0) is 19.3 Å². The first-order valence-electron chi connectivity index (χ1n) is 8.95. The number of nitrogens with zero attached hydrogens (tertiary/aromatic N) is 2. The van der Waals surface area contributed by atoms with Crippen molar-refractivity contribution in [3.63, 3.8) is 0 Å². The van der Waals surface area contributed by atoms with Crippen LogP contribution in [0.2, 0.25) is 0 Å². The third kappa shape index (κ3) is 4.67. The van der Waals surface area contributed by atoms with Crippen molar-refractivity contribution in [2.75, 3.05) is 32.7 Å². The highest BCUT2D eigenvalue weighted by Crippen LogP contribution is 2.30. The van der Waals surface area contributed by atoms with Gasteiger partial charge in [0.15, 0.2) is 0 Å². The molecule has 2 fully saturated rings. The van der Waals surface area contributed by atoms with Gasteiger partial charge < -0.3 is 15.3 Å². The SMILES string of the molecule is CCC(O)CN1CCN(C(=O)C2(NC(C)=O)CCCCC2)CC1. The van der Waals surface area contributed by atoms with E-state index < -0.39 is 5.54 Å². The fourth-order valence-electron chi connectivity index (χ4n) is 3.75. The Morgan fingerprint density at radius 1 is 1.13 bits per heavy atom. The largest absolute Gasteiger partial charge is 0.392 e. The molecular formula is C17H31N3O3. The number of carbonyl (C=O) groups is 2. The summed E-state index contributed by atoms with van der Waals surface area (Å²) in [4.78, 5) is 28.7. The van der Waals surface area contributed by atoms with E-state index in [-0.39, 0.29) is 17.9 Å². The summed E-state index contributed by atoms with van der Waals surface area (Å²) < 4.78 is 0. The van der Waals surface area contributed by atoms with Crippen LogP contribution < -0.4 is 5.32 Å². The molecule has 0 aromatic carbocycles. The summed E-state index contributed by atoms with van der Waals surface area (Å²) in [6.07, 6.45) is 5.09. The summed E-state index contributed by atoms with van der Waals surface area (Å²) >= 11 is 0. The van der Waals surface area contributed by atoms with Crippen molar-refractivity contribution in [3.05, 3.63) is 0 Å². The Morgan fingerprint density at radius 2 is 1.74 bits per heavy atom. The van der Waals surface area contributed by atoms with Crippen LogP contribution in [0.4, 0.5) is 0 Å². The van der Waals surface area contributed by atoms with Gasteiger partial charge in [-0.3, -0.25) is 14.5 Å². The predicted molar refractivity (Wildman–Crippen MR) is 89.0 cm³/mol. The second-order valence-corrected chi connectivity index (χ2v) is 6.98. The van der Waals surface area contributed by atoms with Gasteiger partial charge in [0.25, 0.3) is 0 Å². The molecule has 2 N–H and O–H groups in total. The molecular weight excluding hydrogens is 294 g/mol. The maximum absolute atomic E-state index is 13.0. The smallest absolute Gasteiger partial charge is 0.248 e. The van der Waals surface area contributed by atoms with Crippen molar-refractivity contribution >= 4 is 11.8 Å². The summed E-state index contributed by atoms with van der Waals surface area (Å²) in [6, 6.07) is 0. The summed E-state index contributed by atoms with van der Waals surface area (Å²) in [7, 11) is 0. The van der Waals surface area contributed by atoms with Crippen molar-refractivity contribution in [2.45, 2.75) is 64.0 Å². The lowest BCUT2D eigenvalue weighted by Gasteiger charge is -2.43. The molecule has 2 aliphatic rings. The zero-order valence-corrected chi connectivity index (χ0v) is 14.5. The molecule has 0 spiro atoms. The van der Waals surface area contributed by atoms with Crippen LogP contribution in [0.3, 0.4) is 0 Å². The van der Waals surface area contributed by atoms with Crippen molar-refractivity contribution in [2.24, 2.45) is 0 Å². The van der Waals surface area contributed by atoms with E-state index in [9.17, 15) is 14.7 Å². The van der Waals surface area contributed by atoms with E-state index in [4.69, 9.17) is 0 Å². The van der Waals surface area contributed by atoms with E-state index >= 15 is 0 Å². The minimum atomic E-state index is -0.685. The summed E-state index contributed by atoms with van der Waals surface area (Å²) in [5.74, 6) is -0.0342. The van der Waals surface area contributed by atoms with E-state index in [1.165, 1.54) is 6.92 Å². The third-order valence-corrected chi connectivity index (χ3v) is 5.13. The van der Waals surface area contributed by atoms with E-state index in [1.54, 1.807) is 0 Å². The maximum atomic E-state index is 13.0. The molecule has 2 amide bonds. The lowest BCUT2D eigenvalue weighted by atomic mass is 9.80. The van der Waals surface area contributed by atoms with Crippen molar-refractivity contribution in [1.82, 2.24) is 15.1 Å². The quantitative estimate of drug-likeness (QED) is 0.782. The number of hydrogen-bond donors (Lipinski definition) is 2. The number of carbonyl (C=O) groups excluding carboxylic acids is 2. The first-order valence-corrected chi connectivity index (χ1v) is 8.95. The van der Waals surface area contributed by atoms with Crippen LogP contribution >= 0.6 is 0 Å². The summed E-state index contributed by atoms with van der Waals surface area (Å²) in [5, 5.41) is 12.7. The average molecular weight is 325 g/mol. The minimum Gasteiger partial charge on any atom is -0.392 e. The molecule has 23 heavy (non-hydrogen) atoms. The Balaban J connectivity index is 1.95. The molecule has 0 bridgehead atoms. The van der Waals surface area contributed by atoms with Crippen molar-refractivity contribution in [3.8, 4) is 0 Å². The molecule has 6 heteroatoms. The summed E-state index contributed by atoms with van der Waals surface area (Å²) in [6.45, 7) is 7.08. The molecule has 132 valence electrons. The van der Waals surface area contributed by atoms with Crippen LogP contribution in [-0.4, -0.2) is 71.1 Å². The number of piperazine rings is 1. The zero-order valence-electron chi connectivity index (χ0n) is 14.5. The second-order valence-electron chi connectivity index (χ2n) is 6.98. The van der Waals surface area contributed by atoms with Crippen LogP contribution in [0, 0.1) is 0 Å². The fourth-order valence-corrected chi connectivity index (χ4v) is 3.75. The van der Waals surface area contributed by atoms with E-state index in [2.05, 4.69) is 10.2 Å². The topological polar surface area (TPSA) is 72.9 Å². The number of aliphatic hydroxyl groups excluding tert-OH is 1. The highest BCUT2D eigenvalue weighted by Gasteiger charge is 2.43. The Bertz CT molecular complexity index is 413. The van der Waals surface area contributed by atoms with Crippen LogP contribution in [0.5, 0.6) is 0 Å². The lowest BCUT2D eigenvalue weighted by molar-refractivity contribution is -0.144. The highest BCUT2D eigenvalue weighted by molar-refractivity contribution is 5.91. The first kappa shape index (κ1) is 18.2. The molecule has 1 heterocycles. The van der Waals surface area contributed by atoms with Crippen molar-refractivity contribution in [1.29, 1.82) is 0 Å². The minimum absolute atomic E-state index is 0.0862. The van der Waals surface area contributed by atoms with Crippen LogP contribution in [0.1, 0.15) is 52.4 Å². The molecule has 1 unspecified atom stereocenters. The van der Waals surface area contributed by atoms with Gasteiger partial charge in [-0.2, -0.15) is 0 Å². The highest BCUT2D eigenvalue weighted by atomic mass is 16.3. The number of hydrogen-bond acceptors (Lipinski definition) is 4. The second kappa shape index (κ2) is 8.11. The molecule has 0 aromatic rings. The average Bonchev–Trinajstić information content (AvgIpc) is 2.55. The van der Waals surface area contributed by atoms with Gasteiger partial charge in [-0.25, -0.2) is 0 Å². The van der Waals surface area contributed by atoms with Gasteiger partial charge in [-0.15, -0.1) is 0 Å². The number of β-amino-alcohol motifs (C(OH)–C–C–N with tert-alkyl or cyclic N) is 1. The van der Waals surface area contributed by atoms with Crippen molar-refractivity contribution < 1.29 is 14.7 Å². The van der Waals surface area contributed by atoms with Gasteiger partial charge in [0.1, 0.15) is 5.54 Å². The molecule has 6 nitrogen and oxygen atoms in total. The maximum Gasteiger partial charge on any atom is 0.248 e. The number of rotatable bonds is 5. The standard InChI is InChI=1S/C17H31N3O3/c1-3-15(22)13-19-9-11-20(12-10-19)16(23)17(18-14(2)21)7-5-4-6-8-17/h15,22H,3-13H2,1-2H3,(H,18,21). The Morgan fingerprint density at radius 3 is 2.26 bits per heavy atom. The summed E-state index contributed by atoms with van der Waals surface area (Å²) in [5.41, 5.74) is -0.685. The predicted octanol–water partition coefficient (Wildman–Crippen LogP) is 0.740. The Kier molecular flexibility index (Phi) is 6.41. The van der Waals surface area contributed by atoms with Gasteiger partial charge in [0.05, 0.1) is 6.10 Å². The van der Waals surface area contributed by atoms with E-state index in [1.807, 2.05) is 11.8 Å². The molecule has 1 aliphatic carbocycles. The molecule has 1 saturated heterocycles. The molecule has 1 aliphatic heterocycles. The molecule has 1 saturated carbocycles. The normalized spacial score (nSPS) is 23.3. The van der Waals surface area contributed by atoms with Crippen LogP contribution in [0.15, 0.2) is 0 Å². The molecule has 0 radical (unpaired) electrons. The lowest BCUT2D eigenvalue weighted by Crippen LogP contribution is -2.63. The van der Waals surface area contributed by atoms with E-state index in [0.29, 0.717) is 19.6 Å². The zero-order chi connectivity index (χ0) is 16.9. The van der Waals surface area contributed by atoms with E-state index in [0.717, 1.165) is 51.6 Å². The first-order chi connectivity index (χ1) is 11.0. The number of aliphatic hydroxyl groups is 1. The van der Waals surface area contributed by atoms with Gasteiger partial charge in [0, 0.05) is 39.6 Å². The Hall–Kier alpha value is -1.14. The van der Waals surface area contributed by atoms with Gasteiger partial charge >= 0.3 is 0 Å². The number of amides is 2. The van der Waals surface area contributed by atoms with Crippen LogP contribution in [-0.2, 0) is 9.59 Å².